The predicted molar refractivity (Wildman–Crippen MR) is 69.8 cm³/mol. The lowest BCUT2D eigenvalue weighted by Gasteiger charge is -2.29. The zero-order valence-electron chi connectivity index (χ0n) is 12.1. The fourth-order valence-corrected chi connectivity index (χ4v) is 5.59. The van der Waals surface area contributed by atoms with E-state index in [9.17, 15) is 14.6 Å². The largest absolute Gasteiger partial charge is 0.448 e. The highest BCUT2D eigenvalue weighted by Crippen LogP contribution is 2.70. The van der Waals surface area contributed by atoms with Crippen LogP contribution in [0.25, 0.3) is 0 Å². The molecule has 19 heavy (non-hydrogen) atoms. The lowest BCUT2D eigenvalue weighted by molar-refractivity contribution is -0.0113. The van der Waals surface area contributed by atoms with E-state index in [1.807, 2.05) is 27.7 Å². The van der Waals surface area contributed by atoms with Crippen LogP contribution in [0.1, 0.15) is 34.6 Å². The van der Waals surface area contributed by atoms with E-state index in [1.165, 1.54) is 0 Å². The van der Waals surface area contributed by atoms with Gasteiger partial charge in [-0.05, 0) is 34.6 Å². The van der Waals surface area contributed by atoms with Gasteiger partial charge in [0, 0.05) is 24.2 Å². The molecule has 0 aromatic heterocycles. The van der Waals surface area contributed by atoms with Crippen LogP contribution in [0.4, 0.5) is 4.79 Å². The van der Waals surface area contributed by atoms with Crippen LogP contribution in [-0.2, 0) is 9.30 Å². The van der Waals surface area contributed by atoms with E-state index >= 15 is 0 Å². The third-order valence-corrected chi connectivity index (χ3v) is 6.85. The minimum absolute atomic E-state index is 0.128. The second kappa shape index (κ2) is 4.19. The molecule has 2 atom stereocenters. The summed E-state index contributed by atoms with van der Waals surface area (Å²) in [5, 5.41) is 10.1. The minimum atomic E-state index is -3.48. The van der Waals surface area contributed by atoms with Crippen molar-refractivity contribution in [2.75, 3.05) is 19.7 Å². The van der Waals surface area contributed by atoms with Crippen molar-refractivity contribution in [3.05, 3.63) is 0 Å². The van der Waals surface area contributed by atoms with Gasteiger partial charge in [0.1, 0.15) is 0 Å². The Kier molecular flexibility index (Phi) is 3.26. The van der Waals surface area contributed by atoms with Crippen LogP contribution >= 0.6 is 7.59 Å². The number of amides is 1. The average molecular weight is 291 g/mol. The normalized spacial score (nSPS) is 33.2. The summed E-state index contributed by atoms with van der Waals surface area (Å²) >= 11 is 0. The molecule has 2 rings (SSSR count). The molecule has 0 bridgehead atoms. The molecule has 2 fully saturated rings. The number of nitrogens with zero attached hydrogens (tertiary/aromatic N) is 3. The first kappa shape index (κ1) is 14.8. The Morgan fingerprint density at radius 2 is 1.63 bits per heavy atom. The molecule has 2 aliphatic rings. The lowest BCUT2D eigenvalue weighted by Crippen LogP contribution is -2.33. The number of hydrogen-bond donors (Lipinski definition) is 1. The van der Waals surface area contributed by atoms with E-state index in [0.717, 1.165) is 0 Å². The van der Waals surface area contributed by atoms with Gasteiger partial charge in [0.15, 0.2) is 0 Å². The summed E-state index contributed by atoms with van der Waals surface area (Å²) in [6.07, 6.45) is -0.962. The van der Waals surface area contributed by atoms with Gasteiger partial charge in [-0.1, -0.05) is 0 Å². The number of hydroxylamine groups is 1. The van der Waals surface area contributed by atoms with Crippen LogP contribution < -0.4 is 0 Å². The zero-order chi connectivity index (χ0) is 14.6. The van der Waals surface area contributed by atoms with Gasteiger partial charge in [-0.2, -0.15) is 0 Å². The maximum atomic E-state index is 13.2. The second-order valence-electron chi connectivity index (χ2n) is 6.24. The Hall–Kier alpha value is -0.620. The van der Waals surface area contributed by atoms with Crippen LogP contribution in [0.15, 0.2) is 0 Å². The molecule has 2 aliphatic heterocycles. The average Bonchev–Trinajstić information content (AvgIpc) is 3.13. The second-order valence-corrected chi connectivity index (χ2v) is 8.61. The van der Waals surface area contributed by atoms with Gasteiger partial charge in [0.25, 0.3) is 0 Å². The summed E-state index contributed by atoms with van der Waals surface area (Å²) in [5.74, 6) is 0. The fraction of sp³-hybridized carbons (Fsp3) is 0.909. The molecule has 0 radical (unpaired) electrons. The molecule has 0 aromatic rings. The predicted octanol–water partition coefficient (Wildman–Crippen LogP) is 2.13. The lowest BCUT2D eigenvalue weighted by atomic mass is 10.2. The van der Waals surface area contributed by atoms with Gasteiger partial charge >= 0.3 is 13.7 Å². The number of rotatable bonds is 4. The molecule has 110 valence electrons. The first-order valence-corrected chi connectivity index (χ1v) is 7.96. The molecule has 1 amide bonds. The molecular formula is C11H22N3O4P. The van der Waals surface area contributed by atoms with Crippen molar-refractivity contribution in [3.63, 3.8) is 0 Å². The minimum Gasteiger partial charge on any atom is -0.448 e. The summed E-state index contributed by atoms with van der Waals surface area (Å²) in [7, 11) is -3.48. The summed E-state index contributed by atoms with van der Waals surface area (Å²) in [4.78, 5) is 12.0. The van der Waals surface area contributed by atoms with Gasteiger partial charge < -0.3 is 4.74 Å². The van der Waals surface area contributed by atoms with Crippen LogP contribution in [0, 0.1) is 0 Å². The van der Waals surface area contributed by atoms with E-state index in [2.05, 4.69) is 0 Å². The summed E-state index contributed by atoms with van der Waals surface area (Å²) in [5.41, 5.74) is -0.552. The Bertz CT molecular complexity index is 425. The Morgan fingerprint density at radius 3 is 1.89 bits per heavy atom. The third-order valence-electron chi connectivity index (χ3n) is 3.57. The standard InChI is InChI=1S/C11H22N3O4P/c1-6-18-9(15)14(16)19(17,12-7-10(12,2)3)13-8-11(13,4)5/h16H,6-8H2,1-5H3. The zero-order valence-corrected chi connectivity index (χ0v) is 13.0. The van der Waals surface area contributed by atoms with Crippen LogP contribution in [0.2, 0.25) is 0 Å². The van der Waals surface area contributed by atoms with Gasteiger partial charge in [-0.25, -0.2) is 14.1 Å². The molecule has 2 saturated heterocycles. The smallest absolute Gasteiger partial charge is 0.442 e. The molecule has 0 saturated carbocycles. The maximum absolute atomic E-state index is 13.2. The van der Waals surface area contributed by atoms with E-state index in [0.29, 0.717) is 17.9 Å². The first-order valence-electron chi connectivity index (χ1n) is 6.40. The number of ether oxygens (including phenoxy) is 1. The molecule has 0 spiro atoms. The van der Waals surface area contributed by atoms with Gasteiger partial charge in [0.05, 0.1) is 6.61 Å². The van der Waals surface area contributed by atoms with Gasteiger partial charge in [-0.15, -0.1) is 4.83 Å². The van der Waals surface area contributed by atoms with E-state index < -0.39 is 13.7 Å². The molecule has 8 heteroatoms. The summed E-state index contributed by atoms with van der Waals surface area (Å²) < 4.78 is 21.3. The molecular weight excluding hydrogens is 269 g/mol. The van der Waals surface area contributed by atoms with E-state index in [4.69, 9.17) is 4.74 Å². The van der Waals surface area contributed by atoms with Crippen molar-refractivity contribution < 1.29 is 19.3 Å². The number of hydrogen-bond acceptors (Lipinski definition) is 4. The van der Waals surface area contributed by atoms with Crippen LogP contribution in [0.5, 0.6) is 0 Å². The van der Waals surface area contributed by atoms with Crippen molar-refractivity contribution in [1.82, 2.24) is 14.2 Å². The van der Waals surface area contributed by atoms with Crippen molar-refractivity contribution >= 4 is 13.7 Å². The highest BCUT2D eigenvalue weighted by atomic mass is 31.2. The quantitative estimate of drug-likeness (QED) is 0.370. The molecule has 2 unspecified atom stereocenters. The van der Waals surface area contributed by atoms with Crippen molar-refractivity contribution in [3.8, 4) is 0 Å². The van der Waals surface area contributed by atoms with Crippen molar-refractivity contribution in [2.45, 2.75) is 45.7 Å². The van der Waals surface area contributed by atoms with Gasteiger partial charge in [0.2, 0.25) is 0 Å². The SMILES string of the molecule is CCOC(=O)N(O)P(=O)(N1CC1(C)C)N1CC1(C)C. The third kappa shape index (κ3) is 2.29. The highest BCUT2D eigenvalue weighted by Gasteiger charge is 2.67. The Balaban J connectivity index is 2.26. The van der Waals surface area contributed by atoms with E-state index in [-0.39, 0.29) is 17.7 Å². The molecule has 0 aromatic carbocycles. The molecule has 1 N–H and O–H groups in total. The van der Waals surface area contributed by atoms with Gasteiger partial charge in [-0.3, -0.25) is 9.77 Å². The van der Waals surface area contributed by atoms with E-state index in [1.54, 1.807) is 16.3 Å². The molecule has 0 aliphatic carbocycles. The fourth-order valence-electron chi connectivity index (χ4n) is 2.17. The molecule has 2 heterocycles. The van der Waals surface area contributed by atoms with Crippen molar-refractivity contribution in [2.24, 2.45) is 0 Å². The maximum Gasteiger partial charge on any atom is 0.442 e. The Labute approximate surface area is 113 Å². The number of carbonyl (C=O) groups is 1. The monoisotopic (exact) mass is 291 g/mol. The highest BCUT2D eigenvalue weighted by molar-refractivity contribution is 7.57. The van der Waals surface area contributed by atoms with Crippen molar-refractivity contribution in [1.29, 1.82) is 0 Å². The Morgan fingerprint density at radius 1 is 1.26 bits per heavy atom. The topological polar surface area (TPSA) is 72.9 Å². The summed E-state index contributed by atoms with van der Waals surface area (Å²) in [6.45, 7) is 10.6. The summed E-state index contributed by atoms with van der Waals surface area (Å²) in [6, 6.07) is 0. The van der Waals surface area contributed by atoms with Crippen LogP contribution in [-0.4, -0.2) is 56.2 Å². The number of carbonyl (C=O) groups excluding carboxylic acids is 1. The van der Waals surface area contributed by atoms with Crippen LogP contribution in [0.3, 0.4) is 0 Å². The molecule has 7 nitrogen and oxygen atoms in total. The first-order chi connectivity index (χ1) is 8.57.